The summed E-state index contributed by atoms with van der Waals surface area (Å²) in [5, 5.41) is 15.1. The molecule has 0 spiro atoms. The second-order valence-electron chi connectivity index (χ2n) is 5.82. The van der Waals surface area contributed by atoms with Gasteiger partial charge in [-0.1, -0.05) is 13.8 Å². The van der Waals surface area contributed by atoms with Crippen LogP contribution in [0.5, 0.6) is 0 Å². The van der Waals surface area contributed by atoms with Gasteiger partial charge in [-0.2, -0.15) is 0 Å². The standard InChI is InChI=1S/C15H23N3O3/c1-10(2)13(15(20)21)17-14(19)12-4-3-9-18(12)11-5-7-16-8-6-11/h3-4,9-11,13,16H,5-8H2,1-2H3,(H,17,19)(H,20,21)/t13-/m1/s1. The van der Waals surface area contributed by atoms with E-state index in [-0.39, 0.29) is 11.8 Å². The van der Waals surface area contributed by atoms with Crippen LogP contribution in [0.2, 0.25) is 0 Å². The van der Waals surface area contributed by atoms with Gasteiger partial charge in [0, 0.05) is 12.2 Å². The second-order valence-corrected chi connectivity index (χ2v) is 5.82. The normalized spacial score (nSPS) is 17.7. The van der Waals surface area contributed by atoms with Crippen molar-refractivity contribution in [2.45, 2.75) is 38.8 Å². The minimum absolute atomic E-state index is 0.159. The van der Waals surface area contributed by atoms with Crippen molar-refractivity contribution in [2.75, 3.05) is 13.1 Å². The van der Waals surface area contributed by atoms with E-state index in [4.69, 9.17) is 0 Å². The Morgan fingerprint density at radius 3 is 2.62 bits per heavy atom. The molecule has 0 unspecified atom stereocenters. The van der Waals surface area contributed by atoms with Crippen LogP contribution >= 0.6 is 0 Å². The van der Waals surface area contributed by atoms with Gasteiger partial charge in [0.2, 0.25) is 0 Å². The predicted octanol–water partition coefficient (Wildman–Crippen LogP) is 1.25. The van der Waals surface area contributed by atoms with Crippen molar-refractivity contribution in [1.82, 2.24) is 15.2 Å². The van der Waals surface area contributed by atoms with Gasteiger partial charge in [0.15, 0.2) is 0 Å². The van der Waals surface area contributed by atoms with Crippen molar-refractivity contribution >= 4 is 11.9 Å². The maximum Gasteiger partial charge on any atom is 0.326 e. The van der Waals surface area contributed by atoms with E-state index in [1.165, 1.54) is 0 Å². The number of carboxylic acid groups (broad SMARTS) is 1. The molecule has 3 N–H and O–H groups in total. The van der Waals surface area contributed by atoms with Crippen LogP contribution in [0.4, 0.5) is 0 Å². The average molecular weight is 293 g/mol. The Morgan fingerprint density at radius 1 is 1.38 bits per heavy atom. The van der Waals surface area contributed by atoms with Gasteiger partial charge in [-0.05, 0) is 44.0 Å². The molecule has 116 valence electrons. The van der Waals surface area contributed by atoms with E-state index in [1.807, 2.05) is 16.8 Å². The summed E-state index contributed by atoms with van der Waals surface area (Å²) in [7, 11) is 0. The number of aliphatic carboxylic acids is 1. The highest BCUT2D eigenvalue weighted by Gasteiger charge is 2.26. The molecule has 0 saturated carbocycles. The molecule has 2 rings (SSSR count). The third kappa shape index (κ3) is 3.64. The fourth-order valence-corrected chi connectivity index (χ4v) is 2.72. The molecule has 1 aliphatic rings. The van der Waals surface area contributed by atoms with Crippen LogP contribution in [-0.4, -0.2) is 40.7 Å². The zero-order valence-corrected chi connectivity index (χ0v) is 12.5. The van der Waals surface area contributed by atoms with Gasteiger partial charge in [0.1, 0.15) is 11.7 Å². The molecule has 1 saturated heterocycles. The van der Waals surface area contributed by atoms with Crippen molar-refractivity contribution in [3.05, 3.63) is 24.0 Å². The monoisotopic (exact) mass is 293 g/mol. The Bertz CT molecular complexity index is 504. The van der Waals surface area contributed by atoms with Gasteiger partial charge < -0.3 is 20.3 Å². The van der Waals surface area contributed by atoms with Gasteiger partial charge in [-0.15, -0.1) is 0 Å². The summed E-state index contributed by atoms with van der Waals surface area (Å²) < 4.78 is 1.97. The molecule has 1 aromatic heterocycles. The van der Waals surface area contributed by atoms with Gasteiger partial charge in [0.05, 0.1) is 0 Å². The van der Waals surface area contributed by atoms with Gasteiger partial charge in [-0.25, -0.2) is 4.79 Å². The second kappa shape index (κ2) is 6.76. The third-order valence-electron chi connectivity index (χ3n) is 3.93. The summed E-state index contributed by atoms with van der Waals surface area (Å²) in [4.78, 5) is 23.6. The van der Waals surface area contributed by atoms with Crippen LogP contribution in [0.3, 0.4) is 0 Å². The highest BCUT2D eigenvalue weighted by molar-refractivity contribution is 5.95. The van der Waals surface area contributed by atoms with Crippen molar-refractivity contribution in [1.29, 1.82) is 0 Å². The Balaban J connectivity index is 2.12. The zero-order chi connectivity index (χ0) is 15.4. The first-order valence-corrected chi connectivity index (χ1v) is 7.42. The van der Waals surface area contributed by atoms with E-state index in [0.717, 1.165) is 25.9 Å². The van der Waals surface area contributed by atoms with E-state index in [9.17, 15) is 14.7 Å². The van der Waals surface area contributed by atoms with Crippen LogP contribution < -0.4 is 10.6 Å². The third-order valence-corrected chi connectivity index (χ3v) is 3.93. The van der Waals surface area contributed by atoms with Crippen molar-refractivity contribution < 1.29 is 14.7 Å². The smallest absolute Gasteiger partial charge is 0.326 e. The number of nitrogens with one attached hydrogen (secondary N) is 2. The highest BCUT2D eigenvalue weighted by atomic mass is 16.4. The first-order valence-electron chi connectivity index (χ1n) is 7.42. The lowest BCUT2D eigenvalue weighted by Crippen LogP contribution is -2.45. The molecule has 0 radical (unpaired) electrons. The molecular weight excluding hydrogens is 270 g/mol. The Morgan fingerprint density at radius 2 is 2.05 bits per heavy atom. The topological polar surface area (TPSA) is 83.4 Å². The molecule has 6 heteroatoms. The maximum absolute atomic E-state index is 12.4. The predicted molar refractivity (Wildman–Crippen MR) is 79.3 cm³/mol. The molecule has 6 nitrogen and oxygen atoms in total. The minimum Gasteiger partial charge on any atom is -0.480 e. The number of nitrogens with zero attached hydrogens (tertiary/aromatic N) is 1. The largest absolute Gasteiger partial charge is 0.480 e. The lowest BCUT2D eigenvalue weighted by Gasteiger charge is -2.26. The summed E-state index contributed by atoms with van der Waals surface area (Å²) in [6.07, 6.45) is 3.85. The minimum atomic E-state index is -1.00. The van der Waals surface area contributed by atoms with Gasteiger partial charge >= 0.3 is 5.97 Å². The SMILES string of the molecule is CC(C)[C@@H](NC(=O)c1cccn1C1CCNCC1)C(=O)O. The molecule has 0 bridgehead atoms. The van der Waals surface area contributed by atoms with Crippen molar-refractivity contribution in [3.8, 4) is 0 Å². The lowest BCUT2D eigenvalue weighted by atomic mass is 10.0. The number of hydrogen-bond acceptors (Lipinski definition) is 3. The van der Waals surface area contributed by atoms with E-state index >= 15 is 0 Å². The van der Waals surface area contributed by atoms with Crippen molar-refractivity contribution in [2.24, 2.45) is 5.92 Å². The number of hydrogen-bond donors (Lipinski definition) is 3. The summed E-state index contributed by atoms with van der Waals surface area (Å²) in [5.41, 5.74) is 0.536. The zero-order valence-electron chi connectivity index (χ0n) is 12.5. The quantitative estimate of drug-likeness (QED) is 0.763. The van der Waals surface area contributed by atoms with Crippen LogP contribution in [0, 0.1) is 5.92 Å². The number of carbonyl (C=O) groups excluding carboxylic acids is 1. The molecule has 1 amide bonds. The fourth-order valence-electron chi connectivity index (χ4n) is 2.72. The number of carbonyl (C=O) groups is 2. The van der Waals surface area contributed by atoms with Gasteiger partial charge in [-0.3, -0.25) is 4.79 Å². The summed E-state index contributed by atoms with van der Waals surface area (Å²) in [6.45, 7) is 5.44. The van der Waals surface area contributed by atoms with E-state index < -0.39 is 12.0 Å². The molecule has 0 aliphatic carbocycles. The Labute approximate surface area is 124 Å². The molecule has 1 atom stereocenters. The average Bonchev–Trinajstić information content (AvgIpc) is 2.94. The molecule has 0 aromatic carbocycles. The molecule has 21 heavy (non-hydrogen) atoms. The van der Waals surface area contributed by atoms with E-state index in [0.29, 0.717) is 11.7 Å². The first-order chi connectivity index (χ1) is 10.0. The summed E-state index contributed by atoms with van der Waals surface area (Å²) >= 11 is 0. The number of aromatic nitrogens is 1. The van der Waals surface area contributed by atoms with Crippen LogP contribution in [0.15, 0.2) is 18.3 Å². The van der Waals surface area contributed by atoms with Crippen molar-refractivity contribution in [3.63, 3.8) is 0 Å². The molecule has 2 heterocycles. The number of piperidine rings is 1. The molecule has 1 aromatic rings. The van der Waals surface area contributed by atoms with Crippen LogP contribution in [0.1, 0.15) is 43.2 Å². The molecule has 1 aliphatic heterocycles. The Kier molecular flexibility index (Phi) is 5.01. The molecular formula is C15H23N3O3. The van der Waals surface area contributed by atoms with Crippen LogP contribution in [0.25, 0.3) is 0 Å². The first kappa shape index (κ1) is 15.6. The van der Waals surface area contributed by atoms with Gasteiger partial charge in [0.25, 0.3) is 5.91 Å². The highest BCUT2D eigenvalue weighted by Crippen LogP contribution is 2.21. The number of rotatable bonds is 5. The summed E-state index contributed by atoms with van der Waals surface area (Å²) in [5.74, 6) is -1.48. The van der Waals surface area contributed by atoms with E-state index in [1.54, 1.807) is 19.9 Å². The number of amides is 1. The van der Waals surface area contributed by atoms with E-state index in [2.05, 4.69) is 10.6 Å². The number of carboxylic acids is 1. The molecule has 1 fully saturated rings. The maximum atomic E-state index is 12.4. The van der Waals surface area contributed by atoms with Crippen LogP contribution in [-0.2, 0) is 4.79 Å². The Hall–Kier alpha value is -1.82. The fraction of sp³-hybridized carbons (Fsp3) is 0.600. The summed E-state index contributed by atoms with van der Waals surface area (Å²) in [6, 6.07) is 3.01. The lowest BCUT2D eigenvalue weighted by molar-refractivity contribution is -0.140.